The van der Waals surface area contributed by atoms with Crippen LogP contribution in [0.1, 0.15) is 58.2 Å². The lowest BCUT2D eigenvalue weighted by atomic mass is 10.1. The zero-order valence-corrected chi connectivity index (χ0v) is 27.5. The normalized spacial score (nSPS) is 13.0. The maximum atomic E-state index is 5.10. The topological polar surface area (TPSA) is 30.7 Å². The summed E-state index contributed by atoms with van der Waals surface area (Å²) >= 11 is 2.03. The van der Waals surface area contributed by atoms with Gasteiger partial charge in [-0.2, -0.15) is 0 Å². The van der Waals surface area contributed by atoms with Crippen LogP contribution in [0.2, 0.25) is 0 Å². The van der Waals surface area contributed by atoms with Gasteiger partial charge in [0.25, 0.3) is 0 Å². The van der Waals surface area contributed by atoms with E-state index in [9.17, 15) is 0 Å². The van der Waals surface area contributed by atoms with Crippen molar-refractivity contribution in [2.75, 3.05) is 0 Å². The van der Waals surface area contributed by atoms with Gasteiger partial charge in [0.05, 0.1) is 10.8 Å². The second-order valence-electron chi connectivity index (χ2n) is 10.6. The number of rotatable bonds is 14. The Labute approximate surface area is 258 Å². The fourth-order valence-electron chi connectivity index (χ4n) is 5.29. The lowest BCUT2D eigenvalue weighted by molar-refractivity contribution is 0.608. The van der Waals surface area contributed by atoms with E-state index < -0.39 is 15.8 Å². The average molecular weight is 610 g/mol. The molecule has 1 aromatic heterocycles. The smallest absolute Gasteiger partial charge is 0.123 e. The van der Waals surface area contributed by atoms with Crippen LogP contribution in [0.15, 0.2) is 121 Å². The van der Waals surface area contributed by atoms with Crippen LogP contribution < -0.4 is 32.1 Å². The van der Waals surface area contributed by atoms with Crippen molar-refractivity contribution < 1.29 is 0 Å². The molecular weight excluding hydrogens is 568 g/mol. The van der Waals surface area contributed by atoms with Gasteiger partial charge in [0.2, 0.25) is 0 Å². The molecule has 2 atom stereocenters. The minimum absolute atomic E-state index is 0.170. The molecule has 0 saturated carbocycles. The molecule has 6 heteroatoms. The number of unbranched alkanes of at least 4 members (excludes halogenated alkanes) is 3. The van der Waals surface area contributed by atoms with E-state index in [0.29, 0.717) is 5.25 Å². The first-order valence-electron chi connectivity index (χ1n) is 15.1. The van der Waals surface area contributed by atoms with E-state index in [0.717, 1.165) is 5.44 Å². The predicted octanol–water partition coefficient (Wildman–Crippen LogP) is 7.41. The molecule has 0 spiro atoms. The van der Waals surface area contributed by atoms with Gasteiger partial charge in [-0.3, -0.25) is 0 Å². The Kier molecular flexibility index (Phi) is 11.4. The van der Waals surface area contributed by atoms with Crippen molar-refractivity contribution in [1.29, 1.82) is 0 Å². The van der Waals surface area contributed by atoms with Crippen molar-refractivity contribution in [3.63, 3.8) is 0 Å². The molecule has 0 bridgehead atoms. The highest BCUT2D eigenvalue weighted by molar-refractivity contribution is 7.99. The summed E-state index contributed by atoms with van der Waals surface area (Å²) in [5, 5.41) is 16.1. The summed E-state index contributed by atoms with van der Waals surface area (Å²) in [6.45, 7) is 6.97. The maximum absolute atomic E-state index is 5.10. The molecule has 5 rings (SSSR count). The number of aromatic nitrogens is 3. The van der Waals surface area contributed by atoms with E-state index in [-0.39, 0.29) is 5.37 Å². The Morgan fingerprint density at radius 2 is 1.07 bits per heavy atom. The van der Waals surface area contributed by atoms with Gasteiger partial charge >= 0.3 is 0 Å². The molecule has 5 aromatic rings. The van der Waals surface area contributed by atoms with Crippen LogP contribution in [0.4, 0.5) is 0 Å². The van der Waals surface area contributed by atoms with Crippen molar-refractivity contribution in [2.24, 2.45) is 0 Å². The summed E-state index contributed by atoms with van der Waals surface area (Å²) < 4.78 is 2.27. The van der Waals surface area contributed by atoms with Crippen molar-refractivity contribution in [3.05, 3.63) is 121 Å². The molecular formula is C36H41N3P2S. The minimum atomic E-state index is -0.905. The van der Waals surface area contributed by atoms with Crippen LogP contribution in [0.25, 0.3) is 0 Å². The number of hydrogen-bond acceptors (Lipinski definition) is 3. The standard InChI is InChI=1S/C36H41N3P2S/c1-4-5-6-11-20-29(2)42-30(3)39-36(41(33-25-16-9-17-26-33)34-27-18-10-19-28-34)35(37-38-39)40(31-21-12-7-13-22-31)32-23-14-8-15-24-32/h7-10,12-19,21-30H,4-6,11,20H2,1-3H3. The summed E-state index contributed by atoms with van der Waals surface area (Å²) in [4.78, 5) is 0. The maximum Gasteiger partial charge on any atom is 0.123 e. The van der Waals surface area contributed by atoms with E-state index in [1.807, 2.05) is 11.8 Å². The van der Waals surface area contributed by atoms with Gasteiger partial charge in [-0.1, -0.05) is 166 Å². The minimum Gasteiger partial charge on any atom is -0.231 e. The quantitative estimate of drug-likeness (QED) is 0.0971. The Bertz CT molecular complexity index is 1400. The molecule has 0 aliphatic carbocycles. The monoisotopic (exact) mass is 609 g/mol. The molecule has 0 amide bonds. The molecule has 216 valence electrons. The first kappa shape index (κ1) is 30.7. The van der Waals surface area contributed by atoms with Crippen molar-refractivity contribution in [3.8, 4) is 0 Å². The highest BCUT2D eigenvalue weighted by Crippen LogP contribution is 2.40. The average Bonchev–Trinajstić information content (AvgIpc) is 3.46. The Morgan fingerprint density at radius 3 is 1.52 bits per heavy atom. The molecule has 0 aliphatic heterocycles. The summed E-state index contributed by atoms with van der Waals surface area (Å²) in [6, 6.07) is 43.8. The van der Waals surface area contributed by atoms with Gasteiger partial charge in [-0.15, -0.1) is 16.9 Å². The number of nitrogens with zero attached hydrogens (tertiary/aromatic N) is 3. The zero-order valence-electron chi connectivity index (χ0n) is 24.9. The summed E-state index contributed by atoms with van der Waals surface area (Å²) in [6.07, 6.45) is 6.44. The largest absolute Gasteiger partial charge is 0.231 e. The molecule has 0 saturated heterocycles. The molecule has 0 aliphatic rings. The van der Waals surface area contributed by atoms with Crippen LogP contribution in [-0.4, -0.2) is 20.2 Å². The lowest BCUT2D eigenvalue weighted by Gasteiger charge is -2.26. The van der Waals surface area contributed by atoms with Gasteiger partial charge in [0, 0.05) is 21.1 Å². The number of benzene rings is 4. The van der Waals surface area contributed by atoms with Crippen molar-refractivity contribution in [1.82, 2.24) is 15.0 Å². The number of hydrogen-bond donors (Lipinski definition) is 0. The molecule has 0 N–H and O–H groups in total. The highest BCUT2D eigenvalue weighted by Gasteiger charge is 2.33. The summed E-state index contributed by atoms with van der Waals surface area (Å²) in [5.74, 6) is 0. The SMILES string of the molecule is CCCCCCC(C)SC(C)n1nnc(P(c2ccccc2)c2ccccc2)c1P(c1ccccc1)c1ccccc1. The van der Waals surface area contributed by atoms with E-state index in [1.54, 1.807) is 0 Å². The molecule has 3 nitrogen and oxygen atoms in total. The van der Waals surface area contributed by atoms with Crippen LogP contribution in [0.5, 0.6) is 0 Å². The van der Waals surface area contributed by atoms with E-state index >= 15 is 0 Å². The van der Waals surface area contributed by atoms with E-state index in [1.165, 1.54) is 58.8 Å². The van der Waals surface area contributed by atoms with Crippen molar-refractivity contribution in [2.45, 2.75) is 63.5 Å². The van der Waals surface area contributed by atoms with E-state index in [2.05, 4.69) is 147 Å². The lowest BCUT2D eigenvalue weighted by Crippen LogP contribution is -2.38. The van der Waals surface area contributed by atoms with Gasteiger partial charge in [0.15, 0.2) is 0 Å². The first-order chi connectivity index (χ1) is 20.7. The number of thioether (sulfide) groups is 1. The molecule has 0 fully saturated rings. The second-order valence-corrected chi connectivity index (χ2v) is 16.6. The molecule has 0 radical (unpaired) electrons. The van der Waals surface area contributed by atoms with Crippen LogP contribution in [-0.2, 0) is 0 Å². The second kappa shape index (κ2) is 15.6. The van der Waals surface area contributed by atoms with E-state index in [4.69, 9.17) is 10.3 Å². The zero-order chi connectivity index (χ0) is 29.1. The van der Waals surface area contributed by atoms with Gasteiger partial charge in [0.1, 0.15) is 5.44 Å². The molecule has 4 aromatic carbocycles. The van der Waals surface area contributed by atoms with Crippen LogP contribution in [0.3, 0.4) is 0 Å². The van der Waals surface area contributed by atoms with Gasteiger partial charge in [-0.05, 0) is 34.6 Å². The molecule has 42 heavy (non-hydrogen) atoms. The predicted molar refractivity (Wildman–Crippen MR) is 188 cm³/mol. The Balaban J connectivity index is 1.66. The van der Waals surface area contributed by atoms with Crippen LogP contribution in [0, 0.1) is 0 Å². The third-order valence-electron chi connectivity index (χ3n) is 7.37. The third kappa shape index (κ3) is 7.59. The molecule has 1 heterocycles. The molecule has 2 unspecified atom stereocenters. The Hall–Kier alpha value is -2.77. The van der Waals surface area contributed by atoms with Gasteiger partial charge in [-0.25, -0.2) is 4.68 Å². The fraction of sp³-hybridized carbons (Fsp3) is 0.278. The third-order valence-corrected chi connectivity index (χ3v) is 13.7. The van der Waals surface area contributed by atoms with Crippen LogP contribution >= 0.6 is 27.6 Å². The summed E-state index contributed by atoms with van der Waals surface area (Å²) in [7, 11) is -1.80. The van der Waals surface area contributed by atoms with Gasteiger partial charge < -0.3 is 0 Å². The Morgan fingerprint density at radius 1 is 0.619 bits per heavy atom. The first-order valence-corrected chi connectivity index (χ1v) is 18.7. The highest BCUT2D eigenvalue weighted by atomic mass is 32.2. The van der Waals surface area contributed by atoms with Crippen molar-refractivity contribution >= 4 is 59.7 Å². The summed E-state index contributed by atoms with van der Waals surface area (Å²) in [5.41, 5.74) is 2.38. The fourth-order valence-corrected chi connectivity index (χ4v) is 11.8.